The maximum Gasteiger partial charge on any atom is 0.0830 e. The first-order chi connectivity index (χ1) is 9.69. The Balaban J connectivity index is 2.00. The average molecular weight is 335 g/mol. The van der Waals surface area contributed by atoms with E-state index in [1.807, 2.05) is 36.4 Å². The molecule has 0 aliphatic rings. The van der Waals surface area contributed by atoms with Crippen molar-refractivity contribution in [1.29, 1.82) is 0 Å². The Morgan fingerprint density at radius 2 is 1.85 bits per heavy atom. The number of benzene rings is 2. The third-order valence-electron chi connectivity index (χ3n) is 3.28. The van der Waals surface area contributed by atoms with E-state index < -0.39 is 6.10 Å². The van der Waals surface area contributed by atoms with Gasteiger partial charge in [0, 0.05) is 18.0 Å². The van der Waals surface area contributed by atoms with Gasteiger partial charge >= 0.3 is 0 Å². The smallest absolute Gasteiger partial charge is 0.0830 e. The normalized spacial score (nSPS) is 12.3. The van der Waals surface area contributed by atoms with Crippen LogP contribution < -0.4 is 0 Å². The van der Waals surface area contributed by atoms with Crippen LogP contribution in [0.2, 0.25) is 0 Å². The van der Waals surface area contributed by atoms with Gasteiger partial charge in [-0.05, 0) is 35.2 Å². The fraction of sp³-hybridized carbons (Fsp3) is 0.294. The molecular weight excluding hydrogens is 316 g/mol. The second kappa shape index (κ2) is 7.58. The van der Waals surface area contributed by atoms with Crippen LogP contribution in [0.3, 0.4) is 0 Å². The van der Waals surface area contributed by atoms with Gasteiger partial charge in [-0.25, -0.2) is 0 Å². The van der Waals surface area contributed by atoms with Crippen molar-refractivity contribution in [2.24, 2.45) is 0 Å². The second-order valence-electron chi connectivity index (χ2n) is 4.83. The average Bonchev–Trinajstić information content (AvgIpc) is 2.45. The summed E-state index contributed by atoms with van der Waals surface area (Å²) in [4.78, 5) is 0. The molecule has 2 aromatic rings. The molecule has 0 saturated heterocycles. The predicted molar refractivity (Wildman–Crippen MR) is 84.8 cm³/mol. The number of hydrogen-bond acceptors (Lipinski definition) is 2. The largest absolute Gasteiger partial charge is 0.388 e. The molecule has 0 aliphatic carbocycles. The molecule has 1 N–H and O–H groups in total. The molecule has 0 fully saturated rings. The van der Waals surface area contributed by atoms with Gasteiger partial charge in [0.2, 0.25) is 0 Å². The minimum absolute atomic E-state index is 0.472. The van der Waals surface area contributed by atoms with Crippen LogP contribution in [0.25, 0.3) is 0 Å². The quantitative estimate of drug-likeness (QED) is 0.867. The minimum Gasteiger partial charge on any atom is -0.388 e. The van der Waals surface area contributed by atoms with Gasteiger partial charge in [-0.1, -0.05) is 52.3 Å². The van der Waals surface area contributed by atoms with Crippen molar-refractivity contribution in [1.82, 2.24) is 0 Å². The summed E-state index contributed by atoms with van der Waals surface area (Å²) in [6.45, 7) is 0.722. The van der Waals surface area contributed by atoms with Crippen molar-refractivity contribution in [2.75, 3.05) is 13.7 Å². The van der Waals surface area contributed by atoms with Gasteiger partial charge in [-0.2, -0.15) is 0 Å². The molecule has 0 heterocycles. The zero-order valence-corrected chi connectivity index (χ0v) is 13.1. The molecule has 0 radical (unpaired) electrons. The van der Waals surface area contributed by atoms with Gasteiger partial charge in [0.25, 0.3) is 0 Å². The third kappa shape index (κ3) is 4.44. The summed E-state index contributed by atoms with van der Waals surface area (Å²) in [7, 11) is 1.70. The highest BCUT2D eigenvalue weighted by Crippen LogP contribution is 2.21. The Morgan fingerprint density at radius 3 is 2.50 bits per heavy atom. The van der Waals surface area contributed by atoms with Crippen molar-refractivity contribution < 1.29 is 9.84 Å². The van der Waals surface area contributed by atoms with E-state index >= 15 is 0 Å². The molecule has 0 bridgehead atoms. The fourth-order valence-electron chi connectivity index (χ4n) is 2.13. The Kier molecular flexibility index (Phi) is 5.77. The highest BCUT2D eigenvalue weighted by atomic mass is 79.9. The first-order valence-electron chi connectivity index (χ1n) is 6.69. The summed E-state index contributed by atoms with van der Waals surface area (Å²) in [6, 6.07) is 16.1. The number of halogens is 1. The molecule has 0 saturated carbocycles. The van der Waals surface area contributed by atoms with Gasteiger partial charge in [0.15, 0.2) is 0 Å². The van der Waals surface area contributed by atoms with E-state index in [1.54, 1.807) is 7.11 Å². The van der Waals surface area contributed by atoms with Crippen LogP contribution in [0, 0.1) is 0 Å². The standard InChI is InChI=1S/C17H19BrO2/c1-20-10-9-13-5-7-15(8-6-13)17(19)12-14-3-2-4-16(18)11-14/h2-8,11,17,19H,9-10,12H2,1H3. The van der Waals surface area contributed by atoms with Crippen LogP contribution in [0.4, 0.5) is 0 Å². The van der Waals surface area contributed by atoms with E-state index in [4.69, 9.17) is 4.74 Å². The van der Waals surface area contributed by atoms with E-state index in [0.29, 0.717) is 6.42 Å². The molecule has 3 heteroatoms. The van der Waals surface area contributed by atoms with Crippen molar-refractivity contribution in [3.05, 3.63) is 69.7 Å². The maximum atomic E-state index is 10.3. The maximum absolute atomic E-state index is 10.3. The molecule has 20 heavy (non-hydrogen) atoms. The summed E-state index contributed by atoms with van der Waals surface area (Å²) < 4.78 is 6.10. The van der Waals surface area contributed by atoms with Crippen LogP contribution >= 0.6 is 15.9 Å². The molecule has 1 unspecified atom stereocenters. The van der Waals surface area contributed by atoms with Gasteiger partial charge in [-0.15, -0.1) is 0 Å². The lowest BCUT2D eigenvalue weighted by Gasteiger charge is -2.12. The monoisotopic (exact) mass is 334 g/mol. The van der Waals surface area contributed by atoms with E-state index in [1.165, 1.54) is 5.56 Å². The number of methoxy groups -OCH3 is 1. The lowest BCUT2D eigenvalue weighted by atomic mass is 10.00. The molecule has 2 rings (SSSR count). The Hall–Kier alpha value is -1.16. The summed E-state index contributed by atoms with van der Waals surface area (Å²) in [5.41, 5.74) is 3.30. The van der Waals surface area contributed by atoms with Gasteiger partial charge in [0.1, 0.15) is 0 Å². The van der Waals surface area contributed by atoms with E-state index in [2.05, 4.69) is 28.1 Å². The van der Waals surface area contributed by atoms with E-state index in [-0.39, 0.29) is 0 Å². The lowest BCUT2D eigenvalue weighted by molar-refractivity contribution is 0.178. The Morgan fingerprint density at radius 1 is 1.10 bits per heavy atom. The van der Waals surface area contributed by atoms with Crippen molar-refractivity contribution >= 4 is 15.9 Å². The zero-order valence-electron chi connectivity index (χ0n) is 11.6. The first-order valence-corrected chi connectivity index (χ1v) is 7.48. The molecule has 0 aliphatic heterocycles. The molecule has 2 aromatic carbocycles. The Bertz CT molecular complexity index is 537. The van der Waals surface area contributed by atoms with Gasteiger partial charge < -0.3 is 9.84 Å². The molecule has 106 valence electrons. The molecule has 1 atom stereocenters. The molecule has 0 aromatic heterocycles. The molecule has 0 amide bonds. The molecular formula is C17H19BrO2. The topological polar surface area (TPSA) is 29.5 Å². The highest BCUT2D eigenvalue weighted by Gasteiger charge is 2.08. The number of ether oxygens (including phenoxy) is 1. The number of aliphatic hydroxyl groups is 1. The predicted octanol–water partition coefficient (Wildman–Crippen LogP) is 3.91. The number of aliphatic hydroxyl groups excluding tert-OH is 1. The molecule has 2 nitrogen and oxygen atoms in total. The van der Waals surface area contributed by atoms with Crippen molar-refractivity contribution in [2.45, 2.75) is 18.9 Å². The number of rotatable bonds is 6. The van der Waals surface area contributed by atoms with Crippen LogP contribution in [0.15, 0.2) is 53.0 Å². The summed E-state index contributed by atoms with van der Waals surface area (Å²) in [5, 5.41) is 10.3. The molecule has 0 spiro atoms. The number of hydrogen-bond donors (Lipinski definition) is 1. The van der Waals surface area contributed by atoms with Crippen molar-refractivity contribution in [3.63, 3.8) is 0 Å². The Labute approximate surface area is 128 Å². The SMILES string of the molecule is COCCc1ccc(C(O)Cc2cccc(Br)c2)cc1. The second-order valence-corrected chi connectivity index (χ2v) is 5.75. The van der Waals surface area contributed by atoms with Crippen LogP contribution in [-0.2, 0) is 17.6 Å². The minimum atomic E-state index is -0.472. The first kappa shape index (κ1) is 15.2. The summed E-state index contributed by atoms with van der Waals surface area (Å²) in [6.07, 6.45) is 1.05. The lowest BCUT2D eigenvalue weighted by Crippen LogP contribution is -2.02. The van der Waals surface area contributed by atoms with Crippen LogP contribution in [0.5, 0.6) is 0 Å². The van der Waals surface area contributed by atoms with E-state index in [0.717, 1.165) is 28.6 Å². The van der Waals surface area contributed by atoms with Crippen molar-refractivity contribution in [3.8, 4) is 0 Å². The van der Waals surface area contributed by atoms with Gasteiger partial charge in [-0.3, -0.25) is 0 Å². The van der Waals surface area contributed by atoms with Gasteiger partial charge in [0.05, 0.1) is 12.7 Å². The summed E-state index contributed by atoms with van der Waals surface area (Å²) >= 11 is 3.45. The highest BCUT2D eigenvalue weighted by molar-refractivity contribution is 9.10. The third-order valence-corrected chi connectivity index (χ3v) is 3.77. The van der Waals surface area contributed by atoms with E-state index in [9.17, 15) is 5.11 Å². The van der Waals surface area contributed by atoms with Crippen LogP contribution in [-0.4, -0.2) is 18.8 Å². The zero-order chi connectivity index (χ0) is 14.4. The summed E-state index contributed by atoms with van der Waals surface area (Å²) in [5.74, 6) is 0. The fourth-order valence-corrected chi connectivity index (χ4v) is 2.58. The van der Waals surface area contributed by atoms with Crippen LogP contribution in [0.1, 0.15) is 22.8 Å².